The summed E-state index contributed by atoms with van der Waals surface area (Å²) in [5.41, 5.74) is 1.15. The number of carbonyl (C=O) groups excluding carboxylic acids is 3. The number of hydrogen-bond donors (Lipinski definition) is 2. The number of thioether (sulfide) groups is 1. The van der Waals surface area contributed by atoms with Crippen molar-refractivity contribution in [3.05, 3.63) is 131 Å². The number of hydrogen-bond acceptors (Lipinski definition) is 10. The van der Waals surface area contributed by atoms with E-state index in [1.807, 2.05) is 75.4 Å². The molecule has 2 unspecified atom stereocenters. The molecule has 2 atom stereocenters. The number of nitrogens with one attached hydrogen (secondary N) is 2. The number of benzene rings is 3. The lowest BCUT2D eigenvalue weighted by molar-refractivity contribution is -0.183. The molecule has 2 N–H and O–H groups in total. The summed E-state index contributed by atoms with van der Waals surface area (Å²) in [6.45, 7) is 5.44. The van der Waals surface area contributed by atoms with E-state index in [2.05, 4.69) is 68.1 Å². The van der Waals surface area contributed by atoms with Crippen LogP contribution in [0.4, 0.5) is 5.13 Å². The second kappa shape index (κ2) is 15.7. The monoisotopic (exact) mass is 827 g/mol. The van der Waals surface area contributed by atoms with Gasteiger partial charge < -0.3 is 25.1 Å². The molecule has 4 aromatic rings. The fraction of sp³-hybridized carbons (Fsp3) is 0.341. The van der Waals surface area contributed by atoms with Crippen molar-refractivity contribution < 1.29 is 24.0 Å². The highest BCUT2D eigenvalue weighted by atomic mass is 79.9. The molecule has 0 radical (unpaired) electrons. The predicted octanol–water partition coefficient (Wildman–Crippen LogP) is 7.95. The molecule has 3 aliphatic rings. The zero-order valence-corrected chi connectivity index (χ0v) is 33.5. The summed E-state index contributed by atoms with van der Waals surface area (Å²) in [5.74, 6) is -0.972. The van der Waals surface area contributed by atoms with Crippen molar-refractivity contribution in [1.82, 2.24) is 15.2 Å². The average molecular weight is 829 g/mol. The lowest BCUT2D eigenvalue weighted by Crippen LogP contribution is -2.53. The molecular formula is C41H42BrN5O5S2. The van der Waals surface area contributed by atoms with E-state index < -0.39 is 34.0 Å². The molecule has 13 heteroatoms. The second-order valence-corrected chi connectivity index (χ2v) is 17.2. The van der Waals surface area contributed by atoms with Crippen LogP contribution in [0.2, 0.25) is 0 Å². The number of anilines is 1. The minimum atomic E-state index is -1.33. The van der Waals surface area contributed by atoms with Crippen LogP contribution < -0.4 is 10.6 Å². The third kappa shape index (κ3) is 7.71. The molecule has 10 nitrogen and oxygen atoms in total. The van der Waals surface area contributed by atoms with Crippen LogP contribution in [0.3, 0.4) is 0 Å². The minimum Gasteiger partial charge on any atom is -0.457 e. The van der Waals surface area contributed by atoms with Crippen molar-refractivity contribution in [3.8, 4) is 0 Å². The van der Waals surface area contributed by atoms with E-state index >= 15 is 0 Å². The Kier molecular flexibility index (Phi) is 11.0. The van der Waals surface area contributed by atoms with Gasteiger partial charge in [-0.15, -0.1) is 23.1 Å². The van der Waals surface area contributed by atoms with Crippen molar-refractivity contribution in [1.29, 1.82) is 0 Å². The number of halogens is 1. The largest absolute Gasteiger partial charge is 0.457 e. The van der Waals surface area contributed by atoms with Crippen LogP contribution in [0.15, 0.2) is 113 Å². The van der Waals surface area contributed by atoms with Crippen LogP contribution in [0.1, 0.15) is 75.3 Å². The molecule has 2 fully saturated rings. The molecule has 54 heavy (non-hydrogen) atoms. The predicted molar refractivity (Wildman–Crippen MR) is 216 cm³/mol. The standard InChI is InChI=1S/C41H42BrN5O5S2/c1-39(2,3)51-37(50)40(21-13-14-22-40)52-46-34(35(49)44-36-27(24-42)25-47-32(48)23-33(47)54-36)31-26-53-38(43-31)45-41(28-15-7-4-8-16-28,29-17-9-5-10-18-29)30-19-11-6-12-20-30/h4-12,15-20,25-26,33,36H,13-14,21-24H2,1-3H3,(H,43,45)(H,44,49)/b46-34-. The zero-order valence-electron chi connectivity index (χ0n) is 30.3. The molecule has 7 rings (SSSR count). The van der Waals surface area contributed by atoms with Gasteiger partial charge in [0.05, 0.1) is 11.8 Å². The van der Waals surface area contributed by atoms with Crippen LogP contribution in [-0.2, 0) is 29.5 Å². The smallest absolute Gasteiger partial charge is 0.353 e. The number of rotatable bonds is 12. The maximum Gasteiger partial charge on any atom is 0.353 e. The number of nitrogens with zero attached hydrogens (tertiary/aromatic N) is 3. The number of β-lactam (4-membered cyclic amide) rings is 1. The SMILES string of the molecule is CC(C)(C)OC(=O)C1(O/N=C(\C(=O)NC2SC3CC(=O)N3C=C2CBr)c2csc(NC(c3ccccc3)(c3ccccc3)c3ccccc3)n2)CCCC1. The Morgan fingerprint density at radius 1 is 0.944 bits per heavy atom. The van der Waals surface area contributed by atoms with Gasteiger partial charge in [0, 0.05) is 29.8 Å². The van der Waals surface area contributed by atoms with E-state index in [9.17, 15) is 14.4 Å². The van der Waals surface area contributed by atoms with Gasteiger partial charge in [0.25, 0.3) is 5.91 Å². The lowest BCUT2D eigenvalue weighted by Gasteiger charge is -2.44. The normalized spacial score (nSPS) is 19.6. The Morgan fingerprint density at radius 3 is 2.04 bits per heavy atom. The van der Waals surface area contributed by atoms with Gasteiger partial charge in [-0.2, -0.15) is 0 Å². The summed E-state index contributed by atoms with van der Waals surface area (Å²) in [6.07, 6.45) is 4.55. The number of thiazole rings is 1. The van der Waals surface area contributed by atoms with Gasteiger partial charge in [-0.3, -0.25) is 9.59 Å². The first kappa shape index (κ1) is 37.8. The molecule has 2 aliphatic heterocycles. The van der Waals surface area contributed by atoms with Crippen LogP contribution >= 0.6 is 39.0 Å². The number of ether oxygens (including phenoxy) is 1. The average Bonchev–Trinajstić information content (AvgIpc) is 3.85. The third-order valence-electron chi connectivity index (χ3n) is 9.67. The zero-order chi connectivity index (χ0) is 37.9. The van der Waals surface area contributed by atoms with Crippen molar-refractivity contribution in [3.63, 3.8) is 0 Å². The highest BCUT2D eigenvalue weighted by molar-refractivity contribution is 9.09. The van der Waals surface area contributed by atoms with Crippen LogP contribution in [-0.4, -0.2) is 60.7 Å². The Bertz CT molecular complexity index is 1950. The van der Waals surface area contributed by atoms with E-state index in [0.717, 1.165) is 35.1 Å². The van der Waals surface area contributed by atoms with Crippen molar-refractivity contribution in [2.45, 2.75) is 80.4 Å². The number of carbonyl (C=O) groups is 3. The Balaban J connectivity index is 1.27. The number of amides is 2. The highest BCUT2D eigenvalue weighted by Gasteiger charge is 2.48. The molecule has 1 saturated heterocycles. The molecule has 1 aromatic heterocycles. The van der Waals surface area contributed by atoms with Crippen molar-refractivity contribution in [2.24, 2.45) is 5.16 Å². The van der Waals surface area contributed by atoms with Gasteiger partial charge in [0.1, 0.15) is 22.2 Å². The molecule has 0 spiro atoms. The summed E-state index contributed by atoms with van der Waals surface area (Å²) in [7, 11) is 0. The van der Waals surface area contributed by atoms with Gasteiger partial charge in [-0.05, 0) is 55.9 Å². The van der Waals surface area contributed by atoms with Gasteiger partial charge in [-0.25, -0.2) is 9.78 Å². The summed E-state index contributed by atoms with van der Waals surface area (Å²) in [5, 5.41) is 13.6. The summed E-state index contributed by atoms with van der Waals surface area (Å²) in [4.78, 5) is 53.0. The molecule has 3 heterocycles. The fourth-order valence-corrected chi connectivity index (χ4v) is 9.74. The maximum atomic E-state index is 14.4. The first-order valence-corrected chi connectivity index (χ1v) is 20.9. The van der Waals surface area contributed by atoms with Gasteiger partial charge in [0.15, 0.2) is 10.8 Å². The first-order chi connectivity index (χ1) is 26.0. The lowest BCUT2D eigenvalue weighted by atomic mass is 9.77. The topological polar surface area (TPSA) is 122 Å². The van der Waals surface area contributed by atoms with Gasteiger partial charge >= 0.3 is 5.97 Å². The third-order valence-corrected chi connectivity index (χ3v) is 12.5. The molecule has 3 aromatic carbocycles. The van der Waals surface area contributed by atoms with E-state index in [-0.39, 0.29) is 22.7 Å². The van der Waals surface area contributed by atoms with Crippen LogP contribution in [0.5, 0.6) is 0 Å². The molecule has 1 saturated carbocycles. The number of alkyl halides is 1. The van der Waals surface area contributed by atoms with Crippen molar-refractivity contribution >= 4 is 67.7 Å². The van der Waals surface area contributed by atoms with Gasteiger partial charge in [0.2, 0.25) is 11.5 Å². The molecule has 280 valence electrons. The van der Waals surface area contributed by atoms with Crippen LogP contribution in [0.25, 0.3) is 0 Å². The number of oxime groups is 1. The molecular weight excluding hydrogens is 787 g/mol. The number of fused-ring (bicyclic) bond motifs is 1. The molecule has 0 bridgehead atoms. The minimum absolute atomic E-state index is 0.0514. The van der Waals surface area contributed by atoms with Crippen molar-refractivity contribution in [2.75, 3.05) is 10.6 Å². The maximum absolute atomic E-state index is 14.4. The van der Waals surface area contributed by atoms with E-state index in [1.165, 1.54) is 23.1 Å². The van der Waals surface area contributed by atoms with E-state index in [1.54, 1.807) is 16.5 Å². The summed E-state index contributed by atoms with van der Waals surface area (Å²) >= 11 is 6.36. The van der Waals surface area contributed by atoms with E-state index in [0.29, 0.717) is 29.7 Å². The van der Waals surface area contributed by atoms with Gasteiger partial charge in [-0.1, -0.05) is 112 Å². The Hall–Kier alpha value is -4.46. The second-order valence-electron chi connectivity index (χ2n) is 14.5. The quantitative estimate of drug-likeness (QED) is 0.0369. The molecule has 2 amide bonds. The highest BCUT2D eigenvalue weighted by Crippen LogP contribution is 2.42. The molecule has 1 aliphatic carbocycles. The van der Waals surface area contributed by atoms with Crippen LogP contribution in [0, 0.1) is 0 Å². The fourth-order valence-electron chi connectivity index (χ4n) is 6.95. The summed E-state index contributed by atoms with van der Waals surface area (Å²) in [6, 6.07) is 30.5. The first-order valence-electron chi connectivity index (χ1n) is 18.0. The number of aromatic nitrogens is 1. The number of esters is 1. The Labute approximate surface area is 331 Å². The Morgan fingerprint density at radius 2 is 1.52 bits per heavy atom. The van der Waals surface area contributed by atoms with E-state index in [4.69, 9.17) is 14.6 Å². The summed E-state index contributed by atoms with van der Waals surface area (Å²) < 4.78 is 5.79.